The molecule has 3 rings (SSSR count). The molecule has 0 aliphatic rings. The third-order valence-corrected chi connectivity index (χ3v) is 5.08. The van der Waals surface area contributed by atoms with Gasteiger partial charge in [0.05, 0.1) is 21.2 Å². The van der Waals surface area contributed by atoms with Gasteiger partial charge in [-0.15, -0.1) is 0 Å². The van der Waals surface area contributed by atoms with E-state index in [4.69, 9.17) is 11.6 Å². The molecule has 1 heterocycles. The van der Waals surface area contributed by atoms with E-state index < -0.39 is 14.9 Å². The fraction of sp³-hybridized carbons (Fsp3) is 0.0625. The number of hydrogen-bond donors (Lipinski definition) is 1. The predicted molar refractivity (Wildman–Crippen MR) is 97.2 cm³/mol. The lowest BCUT2D eigenvalue weighted by Gasteiger charge is -2.10. The minimum Gasteiger partial charge on any atom is -0.263 e. The zero-order valence-electron chi connectivity index (χ0n) is 13.5. The summed E-state index contributed by atoms with van der Waals surface area (Å²) < 4.78 is 29.1. The molecule has 0 fully saturated rings. The zero-order chi connectivity index (χ0) is 18.9. The summed E-state index contributed by atoms with van der Waals surface area (Å²) >= 11 is 5.87. The first kappa shape index (κ1) is 17.9. The van der Waals surface area contributed by atoms with Crippen LogP contribution in [0.4, 0.5) is 11.5 Å². The fourth-order valence-corrected chi connectivity index (χ4v) is 3.51. The Balaban J connectivity index is 1.99. The summed E-state index contributed by atoms with van der Waals surface area (Å²) in [5, 5.41) is 15.7. The highest BCUT2D eigenvalue weighted by atomic mass is 35.5. The minimum atomic E-state index is -4.04. The van der Waals surface area contributed by atoms with Crippen molar-refractivity contribution in [3.8, 4) is 5.69 Å². The molecule has 0 saturated carbocycles. The number of nitro benzene ring substituents is 1. The minimum absolute atomic E-state index is 0.205. The van der Waals surface area contributed by atoms with E-state index in [0.29, 0.717) is 16.4 Å². The van der Waals surface area contributed by atoms with Crippen LogP contribution in [0.5, 0.6) is 0 Å². The molecule has 0 aliphatic carbocycles. The number of rotatable bonds is 5. The Morgan fingerprint density at radius 1 is 1.15 bits per heavy atom. The molecule has 0 spiro atoms. The molecule has 134 valence electrons. The zero-order valence-corrected chi connectivity index (χ0v) is 15.0. The van der Waals surface area contributed by atoms with Gasteiger partial charge >= 0.3 is 0 Å². The van der Waals surface area contributed by atoms with E-state index in [1.807, 2.05) is 0 Å². The van der Waals surface area contributed by atoms with Crippen molar-refractivity contribution in [2.75, 3.05) is 4.72 Å². The van der Waals surface area contributed by atoms with Crippen molar-refractivity contribution in [3.63, 3.8) is 0 Å². The van der Waals surface area contributed by atoms with E-state index in [-0.39, 0.29) is 16.4 Å². The van der Waals surface area contributed by atoms with Crippen molar-refractivity contribution in [3.05, 3.63) is 75.4 Å². The summed E-state index contributed by atoms with van der Waals surface area (Å²) in [7, 11) is -4.04. The topological polar surface area (TPSA) is 107 Å². The molecule has 0 unspecified atom stereocenters. The molecular weight excluding hydrogens is 380 g/mol. The Morgan fingerprint density at radius 3 is 2.50 bits per heavy atom. The monoisotopic (exact) mass is 392 g/mol. The number of halogens is 1. The van der Waals surface area contributed by atoms with Crippen LogP contribution < -0.4 is 4.72 Å². The third kappa shape index (κ3) is 3.68. The maximum Gasteiger partial charge on any atom is 0.270 e. The van der Waals surface area contributed by atoms with Gasteiger partial charge in [0.1, 0.15) is 5.82 Å². The first-order chi connectivity index (χ1) is 12.3. The van der Waals surface area contributed by atoms with Gasteiger partial charge in [0, 0.05) is 23.2 Å². The quantitative estimate of drug-likeness (QED) is 0.527. The Kier molecular flexibility index (Phi) is 4.66. The van der Waals surface area contributed by atoms with Gasteiger partial charge in [-0.3, -0.25) is 14.8 Å². The molecule has 1 N–H and O–H groups in total. The van der Waals surface area contributed by atoms with E-state index >= 15 is 0 Å². The van der Waals surface area contributed by atoms with Gasteiger partial charge in [0.2, 0.25) is 0 Å². The molecule has 0 bridgehead atoms. The van der Waals surface area contributed by atoms with Crippen molar-refractivity contribution in [2.45, 2.75) is 11.8 Å². The van der Waals surface area contributed by atoms with Gasteiger partial charge in [-0.1, -0.05) is 17.7 Å². The molecule has 10 heteroatoms. The smallest absolute Gasteiger partial charge is 0.263 e. The largest absolute Gasteiger partial charge is 0.270 e. The van der Waals surface area contributed by atoms with Crippen LogP contribution in [0.3, 0.4) is 0 Å². The van der Waals surface area contributed by atoms with Crippen LogP contribution in [-0.2, 0) is 10.0 Å². The number of nitrogens with zero attached hydrogens (tertiary/aromatic N) is 3. The number of aryl methyl sites for hydroxylation is 1. The van der Waals surface area contributed by atoms with Gasteiger partial charge in [-0.2, -0.15) is 5.10 Å². The van der Waals surface area contributed by atoms with Crippen molar-refractivity contribution >= 4 is 33.1 Å². The van der Waals surface area contributed by atoms with E-state index in [9.17, 15) is 18.5 Å². The molecular formula is C16H13ClN4O4S. The van der Waals surface area contributed by atoms with Crippen molar-refractivity contribution in [1.82, 2.24) is 9.78 Å². The molecule has 0 atom stereocenters. The van der Waals surface area contributed by atoms with Crippen LogP contribution in [0, 0.1) is 17.0 Å². The average Bonchev–Trinajstić information content (AvgIpc) is 2.95. The van der Waals surface area contributed by atoms with Gasteiger partial charge in [0.15, 0.2) is 0 Å². The van der Waals surface area contributed by atoms with Crippen molar-refractivity contribution in [2.24, 2.45) is 0 Å². The summed E-state index contributed by atoms with van der Waals surface area (Å²) in [4.78, 5) is 10.0. The van der Waals surface area contributed by atoms with Gasteiger partial charge in [-0.25, -0.2) is 13.1 Å². The Labute approximate surface area is 154 Å². The molecule has 0 amide bonds. The van der Waals surface area contributed by atoms with Crippen LogP contribution in [0.15, 0.2) is 59.5 Å². The summed E-state index contributed by atoms with van der Waals surface area (Å²) in [6.45, 7) is 1.72. The van der Waals surface area contributed by atoms with E-state index in [0.717, 1.165) is 6.07 Å². The van der Waals surface area contributed by atoms with Crippen molar-refractivity contribution < 1.29 is 13.3 Å². The highest BCUT2D eigenvalue weighted by Gasteiger charge is 2.20. The van der Waals surface area contributed by atoms with E-state index in [1.165, 1.54) is 22.9 Å². The maximum absolute atomic E-state index is 12.6. The second kappa shape index (κ2) is 6.77. The summed E-state index contributed by atoms with van der Waals surface area (Å²) in [6.07, 6.45) is 0. The highest BCUT2D eigenvalue weighted by Crippen LogP contribution is 2.23. The number of benzene rings is 2. The van der Waals surface area contributed by atoms with Crippen LogP contribution in [0.25, 0.3) is 5.69 Å². The van der Waals surface area contributed by atoms with Crippen molar-refractivity contribution in [1.29, 1.82) is 0 Å². The average molecular weight is 393 g/mol. The van der Waals surface area contributed by atoms with E-state index in [2.05, 4.69) is 9.82 Å². The third-order valence-electron chi connectivity index (χ3n) is 3.48. The highest BCUT2D eigenvalue weighted by molar-refractivity contribution is 7.92. The van der Waals surface area contributed by atoms with Crippen LogP contribution >= 0.6 is 11.6 Å². The second-order valence-corrected chi connectivity index (χ2v) is 7.54. The molecule has 2 aromatic carbocycles. The predicted octanol–water partition coefficient (Wildman–Crippen LogP) is 3.54. The number of anilines is 1. The van der Waals surface area contributed by atoms with Gasteiger partial charge in [0.25, 0.3) is 15.7 Å². The molecule has 0 saturated heterocycles. The number of nitrogens with one attached hydrogen (secondary N) is 1. The first-order valence-corrected chi connectivity index (χ1v) is 9.22. The molecule has 0 aliphatic heterocycles. The molecule has 3 aromatic rings. The summed E-state index contributed by atoms with van der Waals surface area (Å²) in [6, 6.07) is 13.1. The van der Waals surface area contributed by atoms with Crippen LogP contribution in [0.1, 0.15) is 5.69 Å². The van der Waals surface area contributed by atoms with Gasteiger partial charge < -0.3 is 0 Å². The van der Waals surface area contributed by atoms with Crippen LogP contribution in [0.2, 0.25) is 5.02 Å². The normalized spacial score (nSPS) is 11.3. The molecule has 0 radical (unpaired) electrons. The molecule has 1 aromatic heterocycles. The number of non-ortho nitro benzene ring substituents is 1. The number of nitro groups is 1. The Morgan fingerprint density at radius 2 is 1.85 bits per heavy atom. The Bertz CT molecular complexity index is 1080. The number of sulfonamides is 1. The molecule has 26 heavy (non-hydrogen) atoms. The summed E-state index contributed by atoms with van der Waals surface area (Å²) in [5.41, 5.74) is 0.895. The Hall–Kier alpha value is -2.91. The molecule has 8 nitrogen and oxygen atoms in total. The SMILES string of the molecule is Cc1cc(NS(=O)(=O)c2cccc([N+](=O)[O-])c2)n(-c2ccc(Cl)cc2)n1. The fourth-order valence-electron chi connectivity index (χ4n) is 2.31. The lowest BCUT2D eigenvalue weighted by molar-refractivity contribution is -0.385. The summed E-state index contributed by atoms with van der Waals surface area (Å²) in [5.74, 6) is 0.205. The van der Waals surface area contributed by atoms with Gasteiger partial charge in [-0.05, 0) is 37.3 Å². The number of hydrogen-bond acceptors (Lipinski definition) is 5. The van der Waals surface area contributed by atoms with E-state index in [1.54, 1.807) is 37.3 Å². The second-order valence-electron chi connectivity index (χ2n) is 5.42. The first-order valence-electron chi connectivity index (χ1n) is 7.36. The number of aromatic nitrogens is 2. The lowest BCUT2D eigenvalue weighted by Crippen LogP contribution is -2.16. The van der Waals surface area contributed by atoms with Crippen LogP contribution in [-0.4, -0.2) is 23.1 Å². The maximum atomic E-state index is 12.6. The standard InChI is InChI=1S/C16H13ClN4O4S/c1-11-9-16(20(18-11)13-7-5-12(17)6-8-13)19-26(24,25)15-4-2-3-14(10-15)21(22)23/h2-10,19H,1H3. The lowest BCUT2D eigenvalue weighted by atomic mass is 10.3.